The van der Waals surface area contributed by atoms with Gasteiger partial charge < -0.3 is 18.6 Å². The van der Waals surface area contributed by atoms with E-state index in [2.05, 4.69) is 0 Å². The molecule has 0 amide bonds. The Bertz CT molecular complexity index is 1310. The van der Waals surface area contributed by atoms with Crippen LogP contribution in [0.2, 0.25) is 0 Å². The van der Waals surface area contributed by atoms with Crippen LogP contribution in [0.3, 0.4) is 0 Å². The van der Waals surface area contributed by atoms with E-state index >= 15 is 0 Å². The SMILES string of the molecule is COc1cc(OC)c2c(=O)c(OC)c(-c3ccc([N+](=O)[O-])cc3)oc2c1S(N)(=O)=O. The molecule has 3 rings (SSSR count). The molecule has 0 aliphatic heterocycles. The lowest BCUT2D eigenvalue weighted by Gasteiger charge is -2.15. The Morgan fingerprint density at radius 2 is 1.63 bits per heavy atom. The Labute approximate surface area is 169 Å². The second kappa shape index (κ2) is 7.65. The third kappa shape index (κ3) is 3.42. The predicted octanol–water partition coefficient (Wildman–Crippen LogP) is 2.04. The van der Waals surface area contributed by atoms with E-state index in [4.69, 9.17) is 23.8 Å². The van der Waals surface area contributed by atoms with Crippen molar-refractivity contribution < 1.29 is 32.0 Å². The first-order valence-electron chi connectivity index (χ1n) is 8.21. The number of nitrogens with two attached hydrogens (primary N) is 1. The molecule has 2 N–H and O–H groups in total. The summed E-state index contributed by atoms with van der Waals surface area (Å²) in [5.74, 6) is -0.605. The van der Waals surface area contributed by atoms with Gasteiger partial charge in [0, 0.05) is 23.8 Å². The van der Waals surface area contributed by atoms with Gasteiger partial charge in [-0.25, -0.2) is 13.6 Å². The molecular formula is C18H16N2O9S. The highest BCUT2D eigenvalue weighted by atomic mass is 32.2. The average Bonchev–Trinajstić information content (AvgIpc) is 2.71. The summed E-state index contributed by atoms with van der Waals surface area (Å²) in [5.41, 5.74) is -1.07. The van der Waals surface area contributed by atoms with Crippen molar-refractivity contribution in [2.24, 2.45) is 5.14 Å². The lowest BCUT2D eigenvalue weighted by atomic mass is 10.1. The van der Waals surface area contributed by atoms with Crippen molar-refractivity contribution in [3.05, 3.63) is 50.7 Å². The zero-order chi connectivity index (χ0) is 22.2. The number of methoxy groups -OCH3 is 3. The van der Waals surface area contributed by atoms with Crippen molar-refractivity contribution in [1.29, 1.82) is 0 Å². The largest absolute Gasteiger partial charge is 0.496 e. The first-order valence-corrected chi connectivity index (χ1v) is 9.76. The number of hydrogen-bond donors (Lipinski definition) is 1. The number of primary sulfonamides is 1. The van der Waals surface area contributed by atoms with Gasteiger partial charge in [0.05, 0.1) is 26.3 Å². The summed E-state index contributed by atoms with van der Waals surface area (Å²) < 4.78 is 45.8. The molecule has 0 aliphatic rings. The molecule has 11 nitrogen and oxygen atoms in total. The van der Waals surface area contributed by atoms with E-state index in [1.165, 1.54) is 51.7 Å². The van der Waals surface area contributed by atoms with Crippen LogP contribution in [0, 0.1) is 10.1 Å². The Kier molecular flexibility index (Phi) is 5.37. The van der Waals surface area contributed by atoms with E-state index in [1.807, 2.05) is 0 Å². The molecule has 0 radical (unpaired) electrons. The molecule has 1 heterocycles. The number of non-ortho nitro benzene ring substituents is 1. The number of benzene rings is 2. The molecule has 0 spiro atoms. The average molecular weight is 436 g/mol. The molecule has 0 aliphatic carbocycles. The molecule has 30 heavy (non-hydrogen) atoms. The van der Waals surface area contributed by atoms with E-state index in [0.29, 0.717) is 0 Å². The zero-order valence-electron chi connectivity index (χ0n) is 16.0. The molecule has 0 fully saturated rings. The van der Waals surface area contributed by atoms with Gasteiger partial charge in [0.15, 0.2) is 16.2 Å². The smallest absolute Gasteiger partial charge is 0.269 e. The van der Waals surface area contributed by atoms with Crippen LogP contribution in [0.4, 0.5) is 5.69 Å². The summed E-state index contributed by atoms with van der Waals surface area (Å²) in [6.45, 7) is 0. The second-order valence-corrected chi connectivity index (χ2v) is 7.46. The molecule has 0 saturated carbocycles. The summed E-state index contributed by atoms with van der Waals surface area (Å²) in [6, 6.07) is 6.26. The normalized spacial score (nSPS) is 11.3. The van der Waals surface area contributed by atoms with Crippen molar-refractivity contribution in [2.45, 2.75) is 4.90 Å². The molecule has 1 aromatic heterocycles. The first-order chi connectivity index (χ1) is 14.1. The van der Waals surface area contributed by atoms with Crippen LogP contribution in [0.15, 0.2) is 44.4 Å². The van der Waals surface area contributed by atoms with Crippen molar-refractivity contribution in [2.75, 3.05) is 21.3 Å². The van der Waals surface area contributed by atoms with Gasteiger partial charge in [-0.2, -0.15) is 0 Å². The lowest BCUT2D eigenvalue weighted by molar-refractivity contribution is -0.384. The Morgan fingerprint density at radius 3 is 2.10 bits per heavy atom. The Hall–Kier alpha value is -3.64. The summed E-state index contributed by atoms with van der Waals surface area (Å²) >= 11 is 0. The van der Waals surface area contributed by atoms with Crippen LogP contribution in [0.25, 0.3) is 22.3 Å². The van der Waals surface area contributed by atoms with E-state index < -0.39 is 30.9 Å². The van der Waals surface area contributed by atoms with Crippen LogP contribution < -0.4 is 24.8 Å². The van der Waals surface area contributed by atoms with Gasteiger partial charge in [0.1, 0.15) is 16.9 Å². The number of nitrogens with zero attached hydrogens (tertiary/aromatic N) is 1. The number of hydrogen-bond acceptors (Lipinski definition) is 9. The predicted molar refractivity (Wildman–Crippen MR) is 106 cm³/mol. The quantitative estimate of drug-likeness (QED) is 0.450. The van der Waals surface area contributed by atoms with Gasteiger partial charge in [0.2, 0.25) is 21.2 Å². The van der Waals surface area contributed by atoms with E-state index in [0.717, 1.165) is 0 Å². The maximum absolute atomic E-state index is 13.1. The lowest BCUT2D eigenvalue weighted by Crippen LogP contribution is -2.17. The molecule has 3 aromatic rings. The standard InChI is InChI=1S/C18H16N2O9S/c1-26-11-8-12(27-2)18(30(19,24)25)16-13(11)14(21)17(28-3)15(29-16)9-4-6-10(7-5-9)20(22)23/h4-8H,1-3H3,(H2,19,24,25). The Morgan fingerprint density at radius 1 is 1.03 bits per heavy atom. The van der Waals surface area contributed by atoms with Gasteiger partial charge in [-0.1, -0.05) is 0 Å². The van der Waals surface area contributed by atoms with Crippen LogP contribution in [0.5, 0.6) is 17.2 Å². The third-order valence-electron chi connectivity index (χ3n) is 4.28. The fourth-order valence-electron chi connectivity index (χ4n) is 2.96. The maximum Gasteiger partial charge on any atom is 0.269 e. The fourth-order valence-corrected chi connectivity index (χ4v) is 3.79. The number of fused-ring (bicyclic) bond motifs is 1. The Balaban J connectivity index is 2.51. The number of ether oxygens (including phenoxy) is 3. The van der Waals surface area contributed by atoms with Crippen LogP contribution in [-0.4, -0.2) is 34.7 Å². The zero-order valence-corrected chi connectivity index (χ0v) is 16.8. The minimum absolute atomic E-state index is 0.0171. The topological polar surface area (TPSA) is 161 Å². The van der Waals surface area contributed by atoms with Crippen LogP contribution in [0.1, 0.15) is 0 Å². The summed E-state index contributed by atoms with van der Waals surface area (Å²) in [5, 5.41) is 16.0. The molecule has 0 saturated heterocycles. The van der Waals surface area contributed by atoms with Gasteiger partial charge in [-0.15, -0.1) is 0 Å². The molecule has 158 valence electrons. The highest BCUT2D eigenvalue weighted by Gasteiger charge is 2.29. The second-order valence-electron chi connectivity index (χ2n) is 5.96. The number of sulfonamides is 1. The molecule has 0 unspecified atom stereocenters. The number of nitro groups is 1. The minimum atomic E-state index is -4.39. The van der Waals surface area contributed by atoms with Crippen molar-refractivity contribution >= 4 is 26.7 Å². The van der Waals surface area contributed by atoms with E-state index in [-0.39, 0.29) is 39.6 Å². The molecular weight excluding hydrogens is 420 g/mol. The van der Waals surface area contributed by atoms with E-state index in [9.17, 15) is 23.3 Å². The molecule has 0 atom stereocenters. The first kappa shape index (κ1) is 21.1. The summed E-state index contributed by atoms with van der Waals surface area (Å²) in [4.78, 5) is 22.9. The molecule has 12 heteroatoms. The van der Waals surface area contributed by atoms with Crippen molar-refractivity contribution in [3.8, 4) is 28.6 Å². The summed E-state index contributed by atoms with van der Waals surface area (Å²) in [7, 11) is -0.673. The van der Waals surface area contributed by atoms with Gasteiger partial charge >= 0.3 is 0 Å². The molecule has 2 aromatic carbocycles. The number of rotatable bonds is 6. The fraction of sp³-hybridized carbons (Fsp3) is 0.167. The van der Waals surface area contributed by atoms with Gasteiger partial charge in [-0.05, 0) is 12.1 Å². The number of nitro benzene ring substituents is 1. The highest BCUT2D eigenvalue weighted by Crippen LogP contribution is 2.41. The van der Waals surface area contributed by atoms with Crippen LogP contribution in [-0.2, 0) is 10.0 Å². The van der Waals surface area contributed by atoms with E-state index in [1.54, 1.807) is 0 Å². The summed E-state index contributed by atoms with van der Waals surface area (Å²) in [6.07, 6.45) is 0. The maximum atomic E-state index is 13.1. The third-order valence-corrected chi connectivity index (χ3v) is 5.23. The van der Waals surface area contributed by atoms with Crippen molar-refractivity contribution in [1.82, 2.24) is 0 Å². The minimum Gasteiger partial charge on any atom is -0.496 e. The van der Waals surface area contributed by atoms with Gasteiger partial charge in [-0.3, -0.25) is 14.9 Å². The van der Waals surface area contributed by atoms with Crippen molar-refractivity contribution in [3.63, 3.8) is 0 Å². The monoisotopic (exact) mass is 436 g/mol. The molecule has 0 bridgehead atoms. The van der Waals surface area contributed by atoms with Crippen LogP contribution >= 0.6 is 0 Å². The van der Waals surface area contributed by atoms with Gasteiger partial charge in [0.25, 0.3) is 5.69 Å². The highest BCUT2D eigenvalue weighted by molar-refractivity contribution is 7.89.